The van der Waals surface area contributed by atoms with Crippen LogP contribution in [0.5, 0.6) is 11.5 Å². The van der Waals surface area contributed by atoms with Gasteiger partial charge in [0, 0.05) is 11.6 Å². The Kier molecular flexibility index (Phi) is 10.4. The first kappa shape index (κ1) is 35.1. The number of nitrogens with one attached hydrogen (secondary N) is 2. The normalized spacial score (nSPS) is 12.7. The second-order valence-electron chi connectivity index (χ2n) is 9.87. The van der Waals surface area contributed by atoms with Crippen LogP contribution < -0.4 is 15.5 Å². The van der Waals surface area contributed by atoms with Crippen LogP contribution in [0.3, 0.4) is 0 Å². The Balaban J connectivity index is 1.68. The van der Waals surface area contributed by atoms with Crippen LogP contribution in [0.15, 0.2) is 70.8 Å². The van der Waals surface area contributed by atoms with Gasteiger partial charge in [-0.05, 0) is 68.8 Å². The molecule has 0 bridgehead atoms. The zero-order valence-corrected chi connectivity index (χ0v) is 27.0. The van der Waals surface area contributed by atoms with Crippen LogP contribution >= 0.6 is 23.2 Å². The predicted octanol–water partition coefficient (Wildman–Crippen LogP) is 7.52. The van der Waals surface area contributed by atoms with E-state index in [9.17, 15) is 36.4 Å². The Hall–Kier alpha value is -4.78. The number of hydrogen-bond acceptors (Lipinski definition) is 9. The van der Waals surface area contributed by atoms with Gasteiger partial charge in [-0.2, -0.15) is 23.5 Å². The molecule has 0 fully saturated rings. The Labute approximate surface area is 276 Å². The molecule has 1 atom stereocenters. The van der Waals surface area contributed by atoms with Gasteiger partial charge in [-0.25, -0.2) is 17.2 Å². The summed E-state index contributed by atoms with van der Waals surface area (Å²) in [6.07, 6.45) is -4.81. The molecule has 4 rings (SSSR count). The summed E-state index contributed by atoms with van der Waals surface area (Å²) < 4.78 is 79.9. The number of alkyl halides is 3. The minimum Gasteiger partial charge on any atom is -0.454 e. The van der Waals surface area contributed by atoms with Crippen molar-refractivity contribution in [2.75, 3.05) is 12.0 Å². The minimum absolute atomic E-state index is 0.00775. The number of aryl methyl sites for hydroxylation is 1. The predicted molar refractivity (Wildman–Crippen MR) is 169 cm³/mol. The van der Waals surface area contributed by atoms with E-state index < -0.39 is 39.8 Å². The molecule has 17 heteroatoms. The van der Waals surface area contributed by atoms with Crippen molar-refractivity contribution in [1.82, 2.24) is 9.29 Å². The second-order valence-corrected chi connectivity index (χ2v) is 12.5. The SMILES string of the molecule is CCOC(=O)NC(=O)C(C#N)=NNc1cc(Cl)c(Oc2ccc3c(c2)c(C(C)C(F)(F)F)cn3S(=O)(=O)c2ccc(C)cc2)c(Cl)c1. The van der Waals surface area contributed by atoms with E-state index in [-0.39, 0.29) is 55.2 Å². The smallest absolute Gasteiger partial charge is 0.414 e. The van der Waals surface area contributed by atoms with E-state index >= 15 is 0 Å². The molecule has 11 nitrogen and oxygen atoms in total. The first-order chi connectivity index (χ1) is 22.1. The Morgan fingerprint density at radius 1 is 1.09 bits per heavy atom. The van der Waals surface area contributed by atoms with Crippen molar-refractivity contribution in [2.24, 2.45) is 5.10 Å². The van der Waals surface area contributed by atoms with Gasteiger partial charge in [0.2, 0.25) is 5.71 Å². The van der Waals surface area contributed by atoms with Crippen LogP contribution in [0.1, 0.15) is 30.9 Å². The Morgan fingerprint density at radius 2 is 1.72 bits per heavy atom. The van der Waals surface area contributed by atoms with Crippen LogP contribution in [-0.4, -0.2) is 42.9 Å². The molecule has 0 spiro atoms. The van der Waals surface area contributed by atoms with Crippen molar-refractivity contribution in [3.05, 3.63) is 82.0 Å². The molecule has 3 aromatic carbocycles. The fraction of sp³-hybridized carbons (Fsp3) is 0.200. The number of imide groups is 1. The summed E-state index contributed by atoms with van der Waals surface area (Å²) in [5.41, 5.74) is 2.26. The van der Waals surface area contributed by atoms with Gasteiger partial charge in [-0.1, -0.05) is 40.9 Å². The van der Waals surface area contributed by atoms with Gasteiger partial charge >= 0.3 is 12.3 Å². The van der Waals surface area contributed by atoms with Crippen LogP contribution in [0, 0.1) is 18.3 Å². The zero-order chi connectivity index (χ0) is 34.7. The molecule has 47 heavy (non-hydrogen) atoms. The highest BCUT2D eigenvalue weighted by atomic mass is 35.5. The van der Waals surface area contributed by atoms with Crippen molar-refractivity contribution in [1.29, 1.82) is 5.26 Å². The lowest BCUT2D eigenvalue weighted by atomic mass is 10.00. The summed E-state index contributed by atoms with van der Waals surface area (Å²) in [7, 11) is -4.28. The van der Waals surface area contributed by atoms with Crippen LogP contribution in [-0.2, 0) is 19.6 Å². The number of nitrogens with zero attached hydrogens (tertiary/aromatic N) is 3. The van der Waals surface area contributed by atoms with E-state index in [0.29, 0.717) is 0 Å². The van der Waals surface area contributed by atoms with Gasteiger partial charge in [0.1, 0.15) is 11.8 Å². The molecule has 0 saturated carbocycles. The topological polar surface area (TPSA) is 152 Å². The number of hydrogen-bond donors (Lipinski definition) is 2. The Bertz CT molecular complexity index is 2020. The lowest BCUT2D eigenvalue weighted by molar-refractivity contribution is -0.146. The molecular weight excluding hydrogens is 686 g/mol. The summed E-state index contributed by atoms with van der Waals surface area (Å²) in [4.78, 5) is 23.4. The van der Waals surface area contributed by atoms with Gasteiger partial charge in [-0.3, -0.25) is 15.5 Å². The number of aromatic nitrogens is 1. The fourth-order valence-electron chi connectivity index (χ4n) is 4.22. The van der Waals surface area contributed by atoms with E-state index in [1.165, 1.54) is 55.5 Å². The molecule has 1 aromatic heterocycles. The molecule has 1 heterocycles. The highest BCUT2D eigenvalue weighted by Crippen LogP contribution is 2.43. The molecule has 2 N–H and O–H groups in total. The van der Waals surface area contributed by atoms with Crippen molar-refractivity contribution in [3.8, 4) is 17.6 Å². The molecule has 2 amide bonds. The number of hydrazone groups is 1. The lowest BCUT2D eigenvalue weighted by Gasteiger charge is -2.15. The highest BCUT2D eigenvalue weighted by molar-refractivity contribution is 7.90. The molecule has 0 radical (unpaired) electrons. The van der Waals surface area contributed by atoms with E-state index in [1.54, 1.807) is 19.1 Å². The number of alkyl carbamates (subject to hydrolysis) is 1. The zero-order valence-electron chi connectivity index (χ0n) is 24.6. The first-order valence-electron chi connectivity index (χ1n) is 13.5. The summed E-state index contributed by atoms with van der Waals surface area (Å²) in [5, 5.41) is 14.4. The first-order valence-corrected chi connectivity index (χ1v) is 15.7. The number of halogens is 5. The van der Waals surface area contributed by atoms with E-state index in [0.717, 1.165) is 22.7 Å². The number of carbonyl (C=O) groups excluding carboxylic acids is 2. The van der Waals surface area contributed by atoms with Gasteiger partial charge in [-0.15, -0.1) is 0 Å². The minimum atomic E-state index is -4.69. The van der Waals surface area contributed by atoms with Crippen LogP contribution in [0.4, 0.5) is 23.7 Å². The van der Waals surface area contributed by atoms with Crippen molar-refractivity contribution in [3.63, 3.8) is 0 Å². The molecule has 4 aromatic rings. The largest absolute Gasteiger partial charge is 0.454 e. The van der Waals surface area contributed by atoms with Gasteiger partial charge in [0.15, 0.2) is 5.75 Å². The number of nitriles is 1. The quantitative estimate of drug-likeness (QED) is 0.134. The number of benzene rings is 3. The van der Waals surface area contributed by atoms with Gasteiger partial charge < -0.3 is 9.47 Å². The number of amides is 2. The maximum absolute atomic E-state index is 13.9. The summed E-state index contributed by atoms with van der Waals surface area (Å²) >= 11 is 12.7. The van der Waals surface area contributed by atoms with Gasteiger partial charge in [0.05, 0.1) is 38.7 Å². The molecule has 246 valence electrons. The number of rotatable bonds is 9. The summed E-state index contributed by atoms with van der Waals surface area (Å²) in [5.74, 6) is -3.29. The average Bonchev–Trinajstić information content (AvgIpc) is 3.38. The van der Waals surface area contributed by atoms with E-state index in [4.69, 9.17) is 27.9 Å². The molecule has 0 aliphatic carbocycles. The summed E-state index contributed by atoms with van der Waals surface area (Å²) in [6.45, 7) is 4.20. The molecule has 1 unspecified atom stereocenters. The number of carbonyl (C=O) groups is 2. The van der Waals surface area contributed by atoms with Crippen LogP contribution in [0.2, 0.25) is 10.0 Å². The highest BCUT2D eigenvalue weighted by Gasteiger charge is 2.39. The average molecular weight is 711 g/mol. The standard InChI is InChI=1S/C30H24Cl2F3N5O6S/c1-4-45-29(42)37-28(41)25(14-36)39-38-18-11-23(31)27(24(32)12-18)46-19-7-10-26-21(13-19)22(17(3)30(33,34)35)15-40(26)47(43,44)20-8-5-16(2)6-9-20/h5-13,15,17,38H,4H2,1-3H3,(H,37,41,42). The van der Waals surface area contributed by atoms with Crippen molar-refractivity contribution in [2.45, 2.75) is 37.8 Å². The van der Waals surface area contributed by atoms with Crippen molar-refractivity contribution >= 4 is 67.5 Å². The maximum Gasteiger partial charge on any atom is 0.414 e. The van der Waals surface area contributed by atoms with E-state index in [2.05, 4.69) is 15.3 Å². The van der Waals surface area contributed by atoms with E-state index in [1.807, 2.05) is 5.32 Å². The molecular formula is C30H24Cl2F3N5O6S. The third-order valence-corrected chi connectivity index (χ3v) is 8.88. The second kappa shape index (κ2) is 13.9. The Morgan fingerprint density at radius 3 is 2.30 bits per heavy atom. The third-order valence-electron chi connectivity index (χ3n) is 6.64. The molecule has 0 aliphatic heterocycles. The number of anilines is 1. The monoisotopic (exact) mass is 709 g/mol. The van der Waals surface area contributed by atoms with Crippen LogP contribution in [0.25, 0.3) is 10.9 Å². The number of fused-ring (bicyclic) bond motifs is 1. The number of ether oxygens (including phenoxy) is 2. The maximum atomic E-state index is 13.9. The van der Waals surface area contributed by atoms with Gasteiger partial charge in [0.25, 0.3) is 15.9 Å². The molecule has 0 saturated heterocycles. The fourth-order valence-corrected chi connectivity index (χ4v) is 6.16. The van der Waals surface area contributed by atoms with Crippen molar-refractivity contribution < 1.29 is 40.7 Å². The third kappa shape index (κ3) is 7.79. The summed E-state index contributed by atoms with van der Waals surface area (Å²) in [6, 6.07) is 13.9. The lowest BCUT2D eigenvalue weighted by Crippen LogP contribution is -2.36. The molecule has 0 aliphatic rings.